The predicted molar refractivity (Wildman–Crippen MR) is 67.2 cm³/mol. The molecule has 4 unspecified atom stereocenters. The Morgan fingerprint density at radius 1 is 1.00 bits per heavy atom. The smallest absolute Gasteiger partial charge is 0.0659 e. The standard InChI is InChI=1S/C14H27NO/c1-9-5-10(2)7-11(6-9)16-13-8-12(15)14(13,3)4/h9-13H,5-8,15H2,1-4H3. The Bertz CT molecular complexity index is 241. The van der Waals surface area contributed by atoms with E-state index in [4.69, 9.17) is 10.5 Å². The van der Waals surface area contributed by atoms with Crippen LogP contribution in [0, 0.1) is 17.3 Å². The van der Waals surface area contributed by atoms with Crippen LogP contribution in [0.15, 0.2) is 0 Å². The monoisotopic (exact) mass is 225 g/mol. The molecule has 0 aromatic heterocycles. The SMILES string of the molecule is CC1CC(C)CC(OC2CC(N)C2(C)C)C1. The summed E-state index contributed by atoms with van der Waals surface area (Å²) in [4.78, 5) is 0. The molecule has 0 aliphatic heterocycles. The molecule has 2 N–H and O–H groups in total. The maximum absolute atomic E-state index is 6.27. The number of nitrogens with two attached hydrogens (primary N) is 1. The first kappa shape index (κ1) is 12.4. The molecule has 0 heterocycles. The highest BCUT2D eigenvalue weighted by Gasteiger charge is 2.48. The molecule has 0 amide bonds. The van der Waals surface area contributed by atoms with Gasteiger partial charge in [0.1, 0.15) is 0 Å². The van der Waals surface area contributed by atoms with Crippen LogP contribution in [0.3, 0.4) is 0 Å². The van der Waals surface area contributed by atoms with E-state index in [1.54, 1.807) is 0 Å². The fourth-order valence-corrected chi connectivity index (χ4v) is 3.36. The summed E-state index contributed by atoms with van der Waals surface area (Å²) in [6.07, 6.45) is 5.78. The number of hydrogen-bond donors (Lipinski definition) is 1. The van der Waals surface area contributed by atoms with Gasteiger partial charge in [-0.15, -0.1) is 0 Å². The molecule has 0 spiro atoms. The highest BCUT2D eigenvalue weighted by Crippen LogP contribution is 2.43. The molecule has 2 heteroatoms. The van der Waals surface area contributed by atoms with Gasteiger partial charge in [0, 0.05) is 11.5 Å². The van der Waals surface area contributed by atoms with Crippen molar-refractivity contribution in [2.24, 2.45) is 23.0 Å². The molecule has 0 aromatic carbocycles. The average Bonchev–Trinajstić information content (AvgIpc) is 2.15. The second-order valence-corrected chi connectivity index (χ2v) is 6.83. The lowest BCUT2D eigenvalue weighted by atomic mass is 9.65. The van der Waals surface area contributed by atoms with E-state index in [0.717, 1.165) is 18.3 Å². The van der Waals surface area contributed by atoms with Gasteiger partial charge in [0.2, 0.25) is 0 Å². The molecular weight excluding hydrogens is 198 g/mol. The lowest BCUT2D eigenvalue weighted by Crippen LogP contribution is -2.60. The molecule has 0 bridgehead atoms. The molecular formula is C14H27NO. The van der Waals surface area contributed by atoms with E-state index in [2.05, 4.69) is 27.7 Å². The summed E-state index contributed by atoms with van der Waals surface area (Å²) >= 11 is 0. The summed E-state index contributed by atoms with van der Waals surface area (Å²) in [6, 6.07) is 0.330. The second-order valence-electron chi connectivity index (χ2n) is 6.83. The van der Waals surface area contributed by atoms with Gasteiger partial charge in [-0.25, -0.2) is 0 Å². The van der Waals surface area contributed by atoms with Crippen molar-refractivity contribution in [3.8, 4) is 0 Å². The Hall–Kier alpha value is -0.0800. The Balaban J connectivity index is 1.86. The quantitative estimate of drug-likeness (QED) is 0.784. The molecule has 2 rings (SSSR count). The Morgan fingerprint density at radius 2 is 1.56 bits per heavy atom. The van der Waals surface area contributed by atoms with Crippen molar-refractivity contribution in [2.75, 3.05) is 0 Å². The molecule has 0 aromatic rings. The Kier molecular flexibility index (Phi) is 3.33. The first-order chi connectivity index (χ1) is 7.39. The fourth-order valence-electron chi connectivity index (χ4n) is 3.36. The predicted octanol–water partition coefficient (Wildman–Crippen LogP) is 2.95. The van der Waals surface area contributed by atoms with Crippen molar-refractivity contribution in [2.45, 2.75) is 71.6 Å². The van der Waals surface area contributed by atoms with Crippen molar-refractivity contribution in [1.82, 2.24) is 0 Å². The van der Waals surface area contributed by atoms with Gasteiger partial charge in [-0.05, 0) is 37.5 Å². The molecule has 4 atom stereocenters. The first-order valence-electron chi connectivity index (χ1n) is 6.80. The van der Waals surface area contributed by atoms with Crippen LogP contribution in [0.5, 0.6) is 0 Å². The molecule has 16 heavy (non-hydrogen) atoms. The molecule has 2 fully saturated rings. The van der Waals surface area contributed by atoms with Crippen LogP contribution >= 0.6 is 0 Å². The lowest BCUT2D eigenvalue weighted by Gasteiger charge is -2.51. The van der Waals surface area contributed by atoms with Gasteiger partial charge >= 0.3 is 0 Å². The number of rotatable bonds is 2. The summed E-state index contributed by atoms with van der Waals surface area (Å²) in [6.45, 7) is 9.18. The van der Waals surface area contributed by atoms with Crippen LogP contribution in [0.25, 0.3) is 0 Å². The molecule has 0 saturated heterocycles. The largest absolute Gasteiger partial charge is 0.374 e. The van der Waals surface area contributed by atoms with Gasteiger partial charge in [0.15, 0.2) is 0 Å². The molecule has 2 saturated carbocycles. The maximum atomic E-state index is 6.27. The summed E-state index contributed by atoms with van der Waals surface area (Å²) in [7, 11) is 0. The van der Waals surface area contributed by atoms with Gasteiger partial charge in [-0.3, -0.25) is 0 Å². The van der Waals surface area contributed by atoms with E-state index in [1.807, 2.05) is 0 Å². The van der Waals surface area contributed by atoms with Gasteiger partial charge in [0.25, 0.3) is 0 Å². The van der Waals surface area contributed by atoms with E-state index in [1.165, 1.54) is 19.3 Å². The zero-order valence-electron chi connectivity index (χ0n) is 11.2. The molecule has 0 radical (unpaired) electrons. The number of hydrogen-bond acceptors (Lipinski definition) is 2. The van der Waals surface area contributed by atoms with Crippen LogP contribution in [0.4, 0.5) is 0 Å². The maximum Gasteiger partial charge on any atom is 0.0659 e. The minimum atomic E-state index is 0.184. The molecule has 2 aliphatic rings. The summed E-state index contributed by atoms with van der Waals surface area (Å²) in [5.41, 5.74) is 6.21. The average molecular weight is 225 g/mol. The fraction of sp³-hybridized carbons (Fsp3) is 1.00. The molecule has 94 valence electrons. The zero-order chi connectivity index (χ0) is 11.9. The second kappa shape index (κ2) is 4.30. The van der Waals surface area contributed by atoms with E-state index in [9.17, 15) is 0 Å². The van der Waals surface area contributed by atoms with E-state index >= 15 is 0 Å². The summed E-state index contributed by atoms with van der Waals surface area (Å²) in [5, 5.41) is 0. The van der Waals surface area contributed by atoms with Crippen LogP contribution < -0.4 is 5.73 Å². The normalized spacial score (nSPS) is 47.4. The van der Waals surface area contributed by atoms with Crippen LogP contribution in [0.2, 0.25) is 0 Å². The summed E-state index contributed by atoms with van der Waals surface area (Å²) in [5.74, 6) is 1.65. The third kappa shape index (κ3) is 2.28. The minimum Gasteiger partial charge on any atom is -0.374 e. The van der Waals surface area contributed by atoms with Crippen molar-refractivity contribution in [3.63, 3.8) is 0 Å². The van der Waals surface area contributed by atoms with Crippen molar-refractivity contribution in [1.29, 1.82) is 0 Å². The minimum absolute atomic E-state index is 0.184. The highest BCUT2D eigenvalue weighted by atomic mass is 16.5. The van der Waals surface area contributed by atoms with Gasteiger partial charge < -0.3 is 10.5 Å². The third-order valence-electron chi connectivity index (χ3n) is 4.75. The first-order valence-corrected chi connectivity index (χ1v) is 6.80. The Labute approximate surface area is 99.9 Å². The van der Waals surface area contributed by atoms with Gasteiger partial charge in [-0.2, -0.15) is 0 Å². The lowest BCUT2D eigenvalue weighted by molar-refractivity contribution is -0.153. The van der Waals surface area contributed by atoms with E-state index < -0.39 is 0 Å². The van der Waals surface area contributed by atoms with Crippen molar-refractivity contribution >= 4 is 0 Å². The zero-order valence-corrected chi connectivity index (χ0v) is 11.2. The third-order valence-corrected chi connectivity index (χ3v) is 4.75. The van der Waals surface area contributed by atoms with Crippen molar-refractivity contribution in [3.05, 3.63) is 0 Å². The molecule has 2 aliphatic carbocycles. The summed E-state index contributed by atoms with van der Waals surface area (Å²) < 4.78 is 6.27. The van der Waals surface area contributed by atoms with Crippen molar-refractivity contribution < 1.29 is 4.74 Å². The van der Waals surface area contributed by atoms with Gasteiger partial charge in [-0.1, -0.05) is 27.7 Å². The van der Waals surface area contributed by atoms with Crippen LogP contribution in [-0.2, 0) is 4.74 Å². The topological polar surface area (TPSA) is 35.2 Å². The van der Waals surface area contributed by atoms with Gasteiger partial charge in [0.05, 0.1) is 12.2 Å². The highest BCUT2D eigenvalue weighted by molar-refractivity contribution is 5.01. The van der Waals surface area contributed by atoms with E-state index in [0.29, 0.717) is 18.2 Å². The van der Waals surface area contributed by atoms with E-state index in [-0.39, 0.29) is 5.41 Å². The van der Waals surface area contributed by atoms with Crippen LogP contribution in [-0.4, -0.2) is 18.2 Å². The van der Waals surface area contributed by atoms with Crippen LogP contribution in [0.1, 0.15) is 53.4 Å². The number of ether oxygens (including phenoxy) is 1. The Morgan fingerprint density at radius 3 is 2.00 bits per heavy atom. The molecule has 2 nitrogen and oxygen atoms in total.